The third-order valence-electron chi connectivity index (χ3n) is 2.83. The molecule has 108 valence electrons. The van der Waals surface area contributed by atoms with Gasteiger partial charge in [-0.3, -0.25) is 10.1 Å². The predicted octanol–water partition coefficient (Wildman–Crippen LogP) is 4.04. The van der Waals surface area contributed by atoms with Crippen LogP contribution in [0.3, 0.4) is 0 Å². The van der Waals surface area contributed by atoms with E-state index in [-0.39, 0.29) is 11.7 Å². The summed E-state index contributed by atoms with van der Waals surface area (Å²) in [6.45, 7) is 5.51. The van der Waals surface area contributed by atoms with E-state index in [1.54, 1.807) is 25.2 Å². The number of hydrogen-bond donors (Lipinski definition) is 1. The third kappa shape index (κ3) is 2.88. The maximum absolute atomic E-state index is 12.1. The van der Waals surface area contributed by atoms with Crippen LogP contribution in [0.15, 0.2) is 21.9 Å². The Balaban J connectivity index is 1.78. The van der Waals surface area contributed by atoms with Crippen molar-refractivity contribution in [3.8, 4) is 10.6 Å². The Labute approximate surface area is 129 Å². The summed E-state index contributed by atoms with van der Waals surface area (Å²) in [6, 6.07) is 4.09. The minimum Gasteiger partial charge on any atom is -0.436 e. The lowest BCUT2D eigenvalue weighted by Crippen LogP contribution is -2.12. The quantitative estimate of drug-likeness (QED) is 0.791. The first-order valence-electron chi connectivity index (χ1n) is 6.30. The fourth-order valence-corrected chi connectivity index (χ4v) is 3.52. The summed E-state index contributed by atoms with van der Waals surface area (Å²) in [5.41, 5.74) is 1.45. The van der Waals surface area contributed by atoms with Crippen LogP contribution in [-0.4, -0.2) is 15.9 Å². The number of amides is 1. The zero-order chi connectivity index (χ0) is 15.0. The first-order valence-corrected chi connectivity index (χ1v) is 8.00. The molecule has 3 aromatic heterocycles. The lowest BCUT2D eigenvalue weighted by Gasteiger charge is -1.98. The minimum atomic E-state index is -0.323. The SMILES string of the molecule is Cc1nc(C)c(C(=O)Nc2nc(-c3ccc(C)s3)cs2)o1. The molecule has 0 unspecified atom stereocenters. The van der Waals surface area contributed by atoms with E-state index in [2.05, 4.69) is 28.3 Å². The molecule has 3 aromatic rings. The van der Waals surface area contributed by atoms with Crippen molar-refractivity contribution in [2.45, 2.75) is 20.8 Å². The summed E-state index contributed by atoms with van der Waals surface area (Å²) in [7, 11) is 0. The van der Waals surface area contributed by atoms with Gasteiger partial charge in [0, 0.05) is 17.2 Å². The van der Waals surface area contributed by atoms with Crippen molar-refractivity contribution in [1.29, 1.82) is 0 Å². The maximum Gasteiger partial charge on any atom is 0.295 e. The largest absolute Gasteiger partial charge is 0.436 e. The highest BCUT2D eigenvalue weighted by Crippen LogP contribution is 2.30. The number of hydrogen-bond acceptors (Lipinski definition) is 6. The number of rotatable bonds is 3. The number of thiazole rings is 1. The molecule has 0 aliphatic heterocycles. The van der Waals surface area contributed by atoms with Crippen molar-refractivity contribution in [1.82, 2.24) is 9.97 Å². The van der Waals surface area contributed by atoms with Gasteiger partial charge in [-0.15, -0.1) is 22.7 Å². The van der Waals surface area contributed by atoms with Gasteiger partial charge in [0.2, 0.25) is 5.76 Å². The fourth-order valence-electron chi connectivity index (χ4n) is 1.91. The number of carbonyl (C=O) groups excluding carboxylic acids is 1. The van der Waals surface area contributed by atoms with Gasteiger partial charge in [0.25, 0.3) is 5.91 Å². The van der Waals surface area contributed by atoms with Gasteiger partial charge in [0.15, 0.2) is 11.0 Å². The Kier molecular flexibility index (Phi) is 3.60. The van der Waals surface area contributed by atoms with Gasteiger partial charge in [-0.05, 0) is 26.0 Å². The van der Waals surface area contributed by atoms with E-state index in [4.69, 9.17) is 4.42 Å². The Hall–Kier alpha value is -1.99. The standard InChI is InChI=1S/C14H13N3O2S2/c1-7-4-5-11(21-7)10-6-20-14(16-10)17-13(18)12-8(2)15-9(3)19-12/h4-6H,1-3H3,(H,16,17,18). The normalized spacial score (nSPS) is 10.8. The monoisotopic (exact) mass is 319 g/mol. The highest BCUT2D eigenvalue weighted by atomic mass is 32.1. The van der Waals surface area contributed by atoms with Crippen molar-refractivity contribution in [3.63, 3.8) is 0 Å². The van der Waals surface area contributed by atoms with E-state index in [0.29, 0.717) is 16.7 Å². The molecule has 7 heteroatoms. The molecular formula is C14H13N3O2S2. The number of aryl methyl sites for hydroxylation is 3. The molecule has 0 fully saturated rings. The van der Waals surface area contributed by atoms with E-state index in [1.165, 1.54) is 16.2 Å². The predicted molar refractivity (Wildman–Crippen MR) is 84.1 cm³/mol. The summed E-state index contributed by atoms with van der Waals surface area (Å²) in [4.78, 5) is 23.0. The van der Waals surface area contributed by atoms with Gasteiger partial charge in [0.1, 0.15) is 0 Å². The first-order chi connectivity index (χ1) is 10.0. The van der Waals surface area contributed by atoms with Crippen LogP contribution in [0.2, 0.25) is 0 Å². The van der Waals surface area contributed by atoms with Crippen LogP contribution in [0.5, 0.6) is 0 Å². The van der Waals surface area contributed by atoms with E-state index in [1.807, 2.05) is 11.4 Å². The zero-order valence-corrected chi connectivity index (χ0v) is 13.4. The second kappa shape index (κ2) is 5.42. The number of aromatic nitrogens is 2. The van der Waals surface area contributed by atoms with Gasteiger partial charge in [-0.25, -0.2) is 9.97 Å². The van der Waals surface area contributed by atoms with Crippen molar-refractivity contribution in [3.05, 3.63) is 39.7 Å². The molecule has 0 aromatic carbocycles. The smallest absolute Gasteiger partial charge is 0.295 e. The molecule has 0 radical (unpaired) electrons. The second-order valence-electron chi connectivity index (χ2n) is 4.55. The number of anilines is 1. The van der Waals surface area contributed by atoms with Gasteiger partial charge < -0.3 is 4.42 Å². The molecule has 0 saturated heterocycles. The molecule has 3 rings (SSSR count). The lowest BCUT2D eigenvalue weighted by molar-refractivity contribution is 0.0994. The molecule has 0 aliphatic carbocycles. The number of carbonyl (C=O) groups is 1. The zero-order valence-electron chi connectivity index (χ0n) is 11.8. The molecule has 3 heterocycles. The lowest BCUT2D eigenvalue weighted by atomic mass is 10.3. The molecule has 0 bridgehead atoms. The van der Waals surface area contributed by atoms with Crippen molar-refractivity contribution in [2.24, 2.45) is 0 Å². The third-order valence-corrected chi connectivity index (χ3v) is 4.61. The average Bonchev–Trinajstić information content (AvgIpc) is 3.10. The number of nitrogens with one attached hydrogen (secondary N) is 1. The highest BCUT2D eigenvalue weighted by Gasteiger charge is 2.17. The van der Waals surface area contributed by atoms with Crippen LogP contribution in [-0.2, 0) is 0 Å². The van der Waals surface area contributed by atoms with Crippen LogP contribution in [0, 0.1) is 20.8 Å². The van der Waals surface area contributed by atoms with Crippen LogP contribution >= 0.6 is 22.7 Å². The summed E-state index contributed by atoms with van der Waals surface area (Å²) in [5.74, 6) is 0.388. The number of thiophene rings is 1. The molecule has 1 amide bonds. The Morgan fingerprint density at radius 1 is 1.24 bits per heavy atom. The first kappa shape index (κ1) is 14.0. The molecule has 21 heavy (non-hydrogen) atoms. The second-order valence-corrected chi connectivity index (χ2v) is 6.70. The average molecular weight is 319 g/mol. The topological polar surface area (TPSA) is 68.0 Å². The Morgan fingerprint density at radius 2 is 2.05 bits per heavy atom. The minimum absolute atomic E-state index is 0.233. The van der Waals surface area contributed by atoms with Gasteiger partial charge in [-0.2, -0.15) is 0 Å². The summed E-state index contributed by atoms with van der Waals surface area (Å²) < 4.78 is 5.30. The molecule has 0 aliphatic rings. The van der Waals surface area contributed by atoms with Crippen LogP contribution in [0.25, 0.3) is 10.6 Å². The van der Waals surface area contributed by atoms with Crippen LogP contribution in [0.4, 0.5) is 5.13 Å². The molecule has 0 saturated carbocycles. The van der Waals surface area contributed by atoms with Gasteiger partial charge >= 0.3 is 0 Å². The molecule has 5 nitrogen and oxygen atoms in total. The van der Waals surface area contributed by atoms with E-state index >= 15 is 0 Å². The van der Waals surface area contributed by atoms with E-state index < -0.39 is 0 Å². The summed E-state index contributed by atoms with van der Waals surface area (Å²) in [5, 5.41) is 5.23. The molecule has 0 spiro atoms. The van der Waals surface area contributed by atoms with Crippen LogP contribution in [0.1, 0.15) is 27.0 Å². The summed E-state index contributed by atoms with van der Waals surface area (Å²) >= 11 is 3.07. The Bertz CT molecular complexity index is 801. The highest BCUT2D eigenvalue weighted by molar-refractivity contribution is 7.17. The van der Waals surface area contributed by atoms with E-state index in [9.17, 15) is 4.79 Å². The summed E-state index contributed by atoms with van der Waals surface area (Å²) in [6.07, 6.45) is 0. The molecule has 1 N–H and O–H groups in total. The Morgan fingerprint density at radius 3 is 2.67 bits per heavy atom. The fraction of sp³-hybridized carbons (Fsp3) is 0.214. The molecule has 0 atom stereocenters. The van der Waals surface area contributed by atoms with E-state index in [0.717, 1.165) is 10.6 Å². The van der Waals surface area contributed by atoms with Crippen molar-refractivity contribution in [2.75, 3.05) is 5.32 Å². The number of oxazole rings is 1. The van der Waals surface area contributed by atoms with Crippen LogP contribution < -0.4 is 5.32 Å². The maximum atomic E-state index is 12.1. The van der Waals surface area contributed by atoms with Crippen molar-refractivity contribution >= 4 is 33.7 Å². The van der Waals surface area contributed by atoms with Gasteiger partial charge in [0.05, 0.1) is 16.3 Å². The van der Waals surface area contributed by atoms with Gasteiger partial charge in [-0.1, -0.05) is 0 Å². The number of nitrogens with zero attached hydrogens (tertiary/aromatic N) is 2. The van der Waals surface area contributed by atoms with Crippen molar-refractivity contribution < 1.29 is 9.21 Å². The molecular weight excluding hydrogens is 306 g/mol.